The van der Waals surface area contributed by atoms with Crippen molar-refractivity contribution in [2.75, 3.05) is 18.0 Å². The third-order valence-corrected chi connectivity index (χ3v) is 9.55. The van der Waals surface area contributed by atoms with E-state index in [0.717, 1.165) is 36.8 Å². The number of nitrogens with one attached hydrogen (secondary N) is 2. The predicted octanol–water partition coefficient (Wildman–Crippen LogP) is 5.35. The Morgan fingerprint density at radius 2 is 1.77 bits per heavy atom. The molecule has 2 aliphatic carbocycles. The average Bonchev–Trinajstić information content (AvgIpc) is 3.73. The number of aryl methyl sites for hydroxylation is 1. The van der Waals surface area contributed by atoms with E-state index < -0.39 is 33.2 Å². The number of pyridine rings is 1. The number of piperidine rings is 1. The van der Waals surface area contributed by atoms with Gasteiger partial charge in [-0.3, -0.25) is 4.79 Å². The lowest BCUT2D eigenvalue weighted by atomic mass is 9.83. The van der Waals surface area contributed by atoms with E-state index in [2.05, 4.69) is 27.2 Å². The summed E-state index contributed by atoms with van der Waals surface area (Å²) in [6.45, 7) is 8.53. The van der Waals surface area contributed by atoms with Crippen LogP contribution in [0.1, 0.15) is 95.6 Å². The highest BCUT2D eigenvalue weighted by Gasteiger charge is 2.54. The normalized spacial score (nSPS) is 20.7. The number of carbonyl (C=O) groups excluding carboxylic acids is 2. The first kappa shape index (κ1) is 31.1. The summed E-state index contributed by atoms with van der Waals surface area (Å²) in [5.41, 5.74) is 0.313. The fourth-order valence-electron chi connectivity index (χ4n) is 5.95. The monoisotopic (exact) mass is 612 g/mol. The summed E-state index contributed by atoms with van der Waals surface area (Å²) in [6.07, 6.45) is 7.72. The molecule has 11 heteroatoms. The number of rotatable bonds is 8. The SMILES string of the molecule is Cc1ccc(C2CCCCC2)c(OC2(C(=O)NS(=O)(=O)c3cccc(N4CCCC(NC(=O)OC(C)(C)C)C4)n3)CC2)c1. The van der Waals surface area contributed by atoms with Gasteiger partial charge in [0.1, 0.15) is 17.2 Å². The van der Waals surface area contributed by atoms with Gasteiger partial charge in [-0.15, -0.1) is 0 Å². The third kappa shape index (κ3) is 7.79. The number of ether oxygens (including phenoxy) is 2. The van der Waals surface area contributed by atoms with Crippen molar-refractivity contribution >= 4 is 27.8 Å². The Bertz CT molecular complexity index is 1440. The van der Waals surface area contributed by atoms with E-state index in [1.807, 2.05) is 38.7 Å². The second-order valence-electron chi connectivity index (χ2n) is 13.2. The van der Waals surface area contributed by atoms with Crippen molar-refractivity contribution in [1.29, 1.82) is 0 Å². The van der Waals surface area contributed by atoms with Crippen molar-refractivity contribution in [3.05, 3.63) is 47.5 Å². The third-order valence-electron chi connectivity index (χ3n) is 8.31. The summed E-state index contributed by atoms with van der Waals surface area (Å²) in [7, 11) is -4.25. The molecule has 1 atom stereocenters. The lowest BCUT2D eigenvalue weighted by Gasteiger charge is -2.34. The van der Waals surface area contributed by atoms with E-state index >= 15 is 0 Å². The molecule has 1 aliphatic heterocycles. The molecule has 0 spiro atoms. The van der Waals surface area contributed by atoms with Crippen LogP contribution in [0.2, 0.25) is 0 Å². The van der Waals surface area contributed by atoms with E-state index in [4.69, 9.17) is 9.47 Å². The quantitative estimate of drug-likeness (QED) is 0.409. The molecule has 0 bridgehead atoms. The summed E-state index contributed by atoms with van der Waals surface area (Å²) in [6, 6.07) is 10.7. The van der Waals surface area contributed by atoms with Crippen molar-refractivity contribution < 1.29 is 27.5 Å². The minimum Gasteiger partial charge on any atom is -0.477 e. The molecule has 1 aromatic carbocycles. The molecule has 10 nitrogen and oxygen atoms in total. The molecule has 234 valence electrons. The van der Waals surface area contributed by atoms with Crippen molar-refractivity contribution in [2.24, 2.45) is 0 Å². The number of hydrogen-bond acceptors (Lipinski definition) is 8. The molecule has 1 saturated heterocycles. The summed E-state index contributed by atoms with van der Waals surface area (Å²) in [5.74, 6) is 0.847. The van der Waals surface area contributed by atoms with Crippen molar-refractivity contribution in [3.8, 4) is 5.75 Å². The van der Waals surface area contributed by atoms with Crippen molar-refractivity contribution in [1.82, 2.24) is 15.0 Å². The minimum absolute atomic E-state index is 0.169. The number of benzene rings is 1. The minimum atomic E-state index is -4.25. The van der Waals surface area contributed by atoms with Crippen LogP contribution >= 0.6 is 0 Å². The topological polar surface area (TPSA) is 127 Å². The van der Waals surface area contributed by atoms with Gasteiger partial charge in [0.05, 0.1) is 0 Å². The molecule has 0 radical (unpaired) electrons. The first-order valence-electron chi connectivity index (χ1n) is 15.4. The average molecular weight is 613 g/mol. The van der Waals surface area contributed by atoms with Gasteiger partial charge in [-0.1, -0.05) is 37.5 Å². The van der Waals surface area contributed by atoms with Crippen LogP contribution in [-0.2, 0) is 19.6 Å². The number of carbonyl (C=O) groups is 2. The Morgan fingerprint density at radius 3 is 2.47 bits per heavy atom. The first-order valence-corrected chi connectivity index (χ1v) is 16.9. The molecule has 5 rings (SSSR count). The van der Waals surface area contributed by atoms with Crippen LogP contribution in [0, 0.1) is 6.92 Å². The standard InChI is InChI=1S/C32H44N4O6S/c1-22-15-16-25(23-10-6-5-7-11-23)26(20-22)41-32(17-18-32)29(37)35-43(39,40)28-14-8-13-27(34-28)36-19-9-12-24(21-36)33-30(38)42-31(2,3)4/h8,13-16,20,23-24H,5-7,9-12,17-19,21H2,1-4H3,(H,33,38)(H,35,37). The molecule has 1 unspecified atom stereocenters. The maximum Gasteiger partial charge on any atom is 0.407 e. The molecule has 2 heterocycles. The van der Waals surface area contributed by atoms with Crippen LogP contribution in [0.3, 0.4) is 0 Å². The summed E-state index contributed by atoms with van der Waals surface area (Å²) in [5, 5.41) is 2.66. The Balaban J connectivity index is 1.26. The van der Waals surface area contributed by atoms with E-state index in [0.29, 0.717) is 43.4 Å². The maximum absolute atomic E-state index is 13.4. The Morgan fingerprint density at radius 1 is 1.02 bits per heavy atom. The van der Waals surface area contributed by atoms with Crippen LogP contribution in [-0.4, -0.2) is 55.7 Å². The van der Waals surface area contributed by atoms with Gasteiger partial charge < -0.3 is 19.7 Å². The molecule has 2 amide bonds. The lowest BCUT2D eigenvalue weighted by Crippen LogP contribution is -2.49. The number of aromatic nitrogens is 1. The van der Waals surface area contributed by atoms with Crippen molar-refractivity contribution in [2.45, 2.75) is 114 Å². The largest absolute Gasteiger partial charge is 0.477 e. The van der Waals surface area contributed by atoms with Gasteiger partial charge in [-0.2, -0.15) is 8.42 Å². The lowest BCUT2D eigenvalue weighted by molar-refractivity contribution is -0.128. The molecule has 3 aliphatic rings. The van der Waals surface area contributed by atoms with Gasteiger partial charge in [0.25, 0.3) is 15.9 Å². The van der Waals surface area contributed by atoms with E-state index in [1.54, 1.807) is 12.1 Å². The smallest absolute Gasteiger partial charge is 0.407 e. The van der Waals surface area contributed by atoms with Crippen LogP contribution < -0.4 is 19.7 Å². The second-order valence-corrected chi connectivity index (χ2v) is 14.8. The highest BCUT2D eigenvalue weighted by molar-refractivity contribution is 7.90. The molecule has 43 heavy (non-hydrogen) atoms. The summed E-state index contributed by atoms with van der Waals surface area (Å²) in [4.78, 5) is 32.0. The number of sulfonamides is 1. The molecule has 2 aromatic rings. The Hall–Kier alpha value is -3.34. The van der Waals surface area contributed by atoms with E-state index in [-0.39, 0.29) is 11.1 Å². The number of amides is 2. The zero-order valence-corrected chi connectivity index (χ0v) is 26.5. The van der Waals surface area contributed by atoms with Gasteiger partial charge >= 0.3 is 6.09 Å². The zero-order valence-electron chi connectivity index (χ0n) is 25.6. The predicted molar refractivity (Wildman–Crippen MR) is 164 cm³/mol. The van der Waals surface area contributed by atoms with Gasteiger partial charge in [-0.25, -0.2) is 14.5 Å². The molecule has 2 N–H and O–H groups in total. The Labute approximate surface area is 255 Å². The van der Waals surface area contributed by atoms with Crippen molar-refractivity contribution in [3.63, 3.8) is 0 Å². The first-order chi connectivity index (χ1) is 20.3. The fraction of sp³-hybridized carbons (Fsp3) is 0.594. The van der Waals surface area contributed by atoms with Gasteiger partial charge in [0.15, 0.2) is 10.6 Å². The fourth-order valence-corrected chi connectivity index (χ4v) is 6.96. The second kappa shape index (κ2) is 12.3. The van der Waals surface area contributed by atoms with E-state index in [9.17, 15) is 18.0 Å². The number of nitrogens with zero attached hydrogens (tertiary/aromatic N) is 2. The maximum atomic E-state index is 13.4. The molecular weight excluding hydrogens is 568 g/mol. The molecule has 3 fully saturated rings. The van der Waals surface area contributed by atoms with Gasteiger partial charge in [0, 0.05) is 32.0 Å². The van der Waals surface area contributed by atoms with Crippen LogP contribution in [0.25, 0.3) is 0 Å². The van der Waals surface area contributed by atoms with Crippen LogP contribution in [0.5, 0.6) is 5.75 Å². The molecule has 2 saturated carbocycles. The highest BCUT2D eigenvalue weighted by Crippen LogP contribution is 2.45. The van der Waals surface area contributed by atoms with Gasteiger partial charge in [0.2, 0.25) is 0 Å². The van der Waals surface area contributed by atoms with E-state index in [1.165, 1.54) is 25.3 Å². The number of alkyl carbamates (subject to hydrolysis) is 1. The summed E-state index contributed by atoms with van der Waals surface area (Å²) >= 11 is 0. The number of anilines is 1. The Kier molecular flexibility index (Phi) is 8.92. The number of hydrogen-bond donors (Lipinski definition) is 2. The van der Waals surface area contributed by atoms with Gasteiger partial charge in [-0.05, 0) is 88.6 Å². The molecule has 1 aromatic heterocycles. The molecular formula is C32H44N4O6S. The zero-order chi connectivity index (χ0) is 30.8. The van der Waals surface area contributed by atoms with Crippen LogP contribution in [0.15, 0.2) is 41.4 Å². The van der Waals surface area contributed by atoms with Crippen LogP contribution in [0.4, 0.5) is 10.6 Å². The highest BCUT2D eigenvalue weighted by atomic mass is 32.2. The summed E-state index contributed by atoms with van der Waals surface area (Å²) < 4.78 is 40.7.